The number of amides is 1. The van der Waals surface area contributed by atoms with E-state index >= 15 is 0 Å². The van der Waals surface area contributed by atoms with Crippen LogP contribution in [-0.4, -0.2) is 11.7 Å². The molecule has 5 heteroatoms. The van der Waals surface area contributed by atoms with E-state index in [1.54, 1.807) is 24.3 Å². The monoisotopic (exact) mass is 280 g/mol. The van der Waals surface area contributed by atoms with E-state index < -0.39 is 0 Å². The zero-order chi connectivity index (χ0) is 12.1. The normalized spacial score (nSPS) is 9.31. The molecule has 0 aliphatic carbocycles. The van der Waals surface area contributed by atoms with Gasteiger partial charge in [0.25, 0.3) is 0 Å². The minimum Gasteiger partial charge on any atom is -0.325 e. The number of ketones is 1. The zero-order valence-electron chi connectivity index (χ0n) is 8.58. The van der Waals surface area contributed by atoms with E-state index in [0.29, 0.717) is 15.7 Å². The molecule has 4 nitrogen and oxygen atoms in total. The van der Waals surface area contributed by atoms with Crippen molar-refractivity contribution in [3.63, 3.8) is 0 Å². The molecule has 0 spiro atoms. The average Bonchev–Trinajstić information content (AvgIpc) is 2.17. The number of hydrogen-bond donors (Lipinski definition) is 1. The van der Waals surface area contributed by atoms with Gasteiger partial charge in [-0.3, -0.25) is 9.59 Å². The molecule has 0 heterocycles. The third-order valence-electron chi connectivity index (χ3n) is 1.87. The Morgan fingerprint density at radius 3 is 2.69 bits per heavy atom. The number of halogens is 1. The second-order valence-electron chi connectivity index (χ2n) is 3.13. The van der Waals surface area contributed by atoms with E-state index in [2.05, 4.69) is 21.2 Å². The van der Waals surface area contributed by atoms with Crippen LogP contribution in [0.1, 0.15) is 23.7 Å². The Morgan fingerprint density at radius 2 is 2.19 bits per heavy atom. The molecule has 1 rings (SSSR count). The number of carbonyl (C=O) groups is 2. The fourth-order valence-corrected chi connectivity index (χ4v) is 1.81. The SMILES string of the molecule is CC(=O)c1ccc(NC(=O)CC#N)cc1Br. The summed E-state index contributed by atoms with van der Waals surface area (Å²) in [6.07, 6.45) is -0.188. The largest absolute Gasteiger partial charge is 0.325 e. The van der Waals surface area contributed by atoms with E-state index in [1.165, 1.54) is 6.92 Å². The molecule has 1 N–H and O–H groups in total. The number of nitrogens with zero attached hydrogens (tertiary/aromatic N) is 1. The quantitative estimate of drug-likeness (QED) is 0.865. The summed E-state index contributed by atoms with van der Waals surface area (Å²) < 4.78 is 0.620. The van der Waals surface area contributed by atoms with Gasteiger partial charge in [-0.15, -0.1) is 0 Å². The highest BCUT2D eigenvalue weighted by Gasteiger charge is 2.07. The van der Waals surface area contributed by atoms with Gasteiger partial charge in [-0.2, -0.15) is 5.26 Å². The maximum atomic E-state index is 11.1. The highest BCUT2D eigenvalue weighted by molar-refractivity contribution is 9.10. The Labute approximate surface area is 101 Å². The van der Waals surface area contributed by atoms with E-state index in [1.807, 2.05) is 0 Å². The van der Waals surface area contributed by atoms with Crippen LogP contribution in [0.5, 0.6) is 0 Å². The molecule has 1 amide bonds. The van der Waals surface area contributed by atoms with Crippen molar-refractivity contribution >= 4 is 33.3 Å². The molecule has 0 aliphatic heterocycles. The van der Waals surface area contributed by atoms with Crippen molar-refractivity contribution in [2.24, 2.45) is 0 Å². The molecule has 1 aromatic carbocycles. The number of Topliss-reactive ketones (excluding diaryl/α,β-unsaturated/α-hetero) is 1. The minimum atomic E-state index is -0.370. The van der Waals surface area contributed by atoms with E-state index in [-0.39, 0.29) is 18.1 Å². The Bertz CT molecular complexity index is 477. The molecule has 0 unspecified atom stereocenters. The van der Waals surface area contributed by atoms with Gasteiger partial charge in [0, 0.05) is 15.7 Å². The maximum absolute atomic E-state index is 11.1. The lowest BCUT2D eigenvalue weighted by Gasteiger charge is -2.05. The molecule has 0 saturated carbocycles. The van der Waals surface area contributed by atoms with Crippen molar-refractivity contribution in [3.8, 4) is 6.07 Å². The first-order chi connectivity index (χ1) is 7.54. The Kier molecular flexibility index (Phi) is 4.20. The van der Waals surface area contributed by atoms with Crippen LogP contribution < -0.4 is 5.32 Å². The predicted molar refractivity (Wildman–Crippen MR) is 63.0 cm³/mol. The fraction of sp³-hybridized carbons (Fsp3) is 0.182. The number of nitrogens with one attached hydrogen (secondary N) is 1. The van der Waals surface area contributed by atoms with Crippen LogP contribution in [0.25, 0.3) is 0 Å². The minimum absolute atomic E-state index is 0.0539. The Balaban J connectivity index is 2.86. The summed E-state index contributed by atoms with van der Waals surface area (Å²) in [6.45, 7) is 1.47. The smallest absolute Gasteiger partial charge is 0.238 e. The number of hydrogen-bond acceptors (Lipinski definition) is 3. The van der Waals surface area contributed by atoms with Gasteiger partial charge in [0.2, 0.25) is 5.91 Å². The van der Waals surface area contributed by atoms with Crippen LogP contribution in [0.15, 0.2) is 22.7 Å². The van der Waals surface area contributed by atoms with Crippen molar-refractivity contribution in [2.45, 2.75) is 13.3 Å². The predicted octanol–water partition coefficient (Wildman–Crippen LogP) is 2.50. The molecule has 0 aromatic heterocycles. The summed E-state index contributed by atoms with van der Waals surface area (Å²) in [4.78, 5) is 22.3. The van der Waals surface area contributed by atoms with Crippen molar-refractivity contribution in [3.05, 3.63) is 28.2 Å². The first kappa shape index (κ1) is 12.4. The van der Waals surface area contributed by atoms with E-state index in [4.69, 9.17) is 5.26 Å². The van der Waals surface area contributed by atoms with Gasteiger partial charge in [0.1, 0.15) is 6.42 Å². The van der Waals surface area contributed by atoms with Gasteiger partial charge in [-0.05, 0) is 41.1 Å². The number of benzene rings is 1. The summed E-state index contributed by atoms with van der Waals surface area (Å²) in [5.41, 5.74) is 1.11. The number of nitriles is 1. The maximum Gasteiger partial charge on any atom is 0.238 e. The molecule has 0 aliphatic rings. The van der Waals surface area contributed by atoms with Crippen LogP contribution in [-0.2, 0) is 4.79 Å². The van der Waals surface area contributed by atoms with Crippen LogP contribution >= 0.6 is 15.9 Å². The third-order valence-corrected chi connectivity index (χ3v) is 2.53. The van der Waals surface area contributed by atoms with Gasteiger partial charge < -0.3 is 5.32 Å². The molecule has 0 radical (unpaired) electrons. The first-order valence-electron chi connectivity index (χ1n) is 4.52. The lowest BCUT2D eigenvalue weighted by atomic mass is 10.1. The molecule has 16 heavy (non-hydrogen) atoms. The van der Waals surface area contributed by atoms with E-state index in [0.717, 1.165) is 0 Å². The highest BCUT2D eigenvalue weighted by atomic mass is 79.9. The van der Waals surface area contributed by atoms with Crippen LogP contribution in [0, 0.1) is 11.3 Å². The molecule has 82 valence electrons. The third kappa shape index (κ3) is 3.17. The molecule has 0 bridgehead atoms. The Hall–Kier alpha value is -1.67. The van der Waals surface area contributed by atoms with Gasteiger partial charge in [-0.1, -0.05) is 0 Å². The average molecular weight is 281 g/mol. The van der Waals surface area contributed by atoms with Gasteiger partial charge in [-0.25, -0.2) is 0 Å². The molecular weight excluding hydrogens is 272 g/mol. The summed E-state index contributed by atoms with van der Waals surface area (Å²) >= 11 is 3.24. The number of anilines is 1. The second kappa shape index (κ2) is 5.42. The van der Waals surface area contributed by atoms with Crippen LogP contribution in [0.3, 0.4) is 0 Å². The van der Waals surface area contributed by atoms with Gasteiger partial charge in [0.05, 0.1) is 6.07 Å². The second-order valence-corrected chi connectivity index (χ2v) is 3.99. The summed E-state index contributed by atoms with van der Waals surface area (Å²) in [7, 11) is 0. The van der Waals surface area contributed by atoms with Crippen molar-refractivity contribution in [2.75, 3.05) is 5.32 Å². The number of rotatable bonds is 3. The molecule has 0 fully saturated rings. The van der Waals surface area contributed by atoms with Crippen LogP contribution in [0.4, 0.5) is 5.69 Å². The summed E-state index contributed by atoms with van der Waals surface area (Å²) in [5, 5.41) is 10.9. The van der Waals surface area contributed by atoms with Crippen molar-refractivity contribution in [1.82, 2.24) is 0 Å². The summed E-state index contributed by atoms with van der Waals surface area (Å²) in [5.74, 6) is -0.424. The number of carbonyl (C=O) groups excluding carboxylic acids is 2. The molecular formula is C11H9BrN2O2. The molecule has 1 aromatic rings. The Morgan fingerprint density at radius 1 is 1.50 bits per heavy atom. The van der Waals surface area contributed by atoms with Crippen molar-refractivity contribution < 1.29 is 9.59 Å². The zero-order valence-corrected chi connectivity index (χ0v) is 10.2. The van der Waals surface area contributed by atoms with Crippen molar-refractivity contribution in [1.29, 1.82) is 5.26 Å². The lowest BCUT2D eigenvalue weighted by Crippen LogP contribution is -2.10. The topological polar surface area (TPSA) is 70.0 Å². The highest BCUT2D eigenvalue weighted by Crippen LogP contribution is 2.22. The summed E-state index contributed by atoms with van der Waals surface area (Å²) in [6, 6.07) is 6.63. The fourth-order valence-electron chi connectivity index (χ4n) is 1.16. The lowest BCUT2D eigenvalue weighted by molar-refractivity contribution is -0.115. The van der Waals surface area contributed by atoms with Crippen LogP contribution in [0.2, 0.25) is 0 Å². The van der Waals surface area contributed by atoms with Gasteiger partial charge in [0.15, 0.2) is 5.78 Å². The molecule has 0 atom stereocenters. The first-order valence-corrected chi connectivity index (χ1v) is 5.31. The van der Waals surface area contributed by atoms with E-state index in [9.17, 15) is 9.59 Å². The standard InChI is InChI=1S/C11H9BrN2O2/c1-7(15)9-3-2-8(6-10(9)12)14-11(16)4-5-13/h2-3,6H,4H2,1H3,(H,14,16). The van der Waals surface area contributed by atoms with Gasteiger partial charge >= 0.3 is 0 Å². The molecule has 0 saturated heterocycles.